The number of hydrogen-bond donors (Lipinski definition) is 1. The second-order valence-corrected chi connectivity index (χ2v) is 10.4. The highest BCUT2D eigenvalue weighted by atomic mass is 32.1. The van der Waals surface area contributed by atoms with Crippen LogP contribution < -0.4 is 11.0 Å². The minimum atomic E-state index is -0.403. The Morgan fingerprint density at radius 3 is 2.95 bits per heavy atom. The molecule has 7 nitrogen and oxygen atoms in total. The summed E-state index contributed by atoms with van der Waals surface area (Å²) in [5.41, 5.74) is 9.49. The highest BCUT2D eigenvalue weighted by molar-refractivity contribution is 7.28. The number of hydrogen-bond acceptors (Lipinski definition) is 7. The molecule has 1 aliphatic rings. The van der Waals surface area contributed by atoms with Gasteiger partial charge in [-0.2, -0.15) is 10.3 Å². The number of fused-ring (bicyclic) bond motifs is 1. The predicted molar refractivity (Wildman–Crippen MR) is 152 cm³/mol. The zero-order valence-electron chi connectivity index (χ0n) is 21.3. The van der Waals surface area contributed by atoms with Crippen LogP contribution in [0.1, 0.15) is 42.9 Å². The van der Waals surface area contributed by atoms with Crippen LogP contribution in [-0.4, -0.2) is 49.1 Å². The fourth-order valence-electron chi connectivity index (χ4n) is 4.36. The topological polar surface area (TPSA) is 96.8 Å². The van der Waals surface area contributed by atoms with Crippen molar-refractivity contribution in [3.63, 3.8) is 0 Å². The van der Waals surface area contributed by atoms with Crippen molar-refractivity contribution in [1.29, 1.82) is 5.26 Å². The molecule has 4 rings (SSSR count). The van der Waals surface area contributed by atoms with Gasteiger partial charge in [0.1, 0.15) is 22.7 Å². The first-order chi connectivity index (χ1) is 17.9. The van der Waals surface area contributed by atoms with Crippen molar-refractivity contribution in [2.24, 2.45) is 4.99 Å². The Hall–Kier alpha value is -3.05. The first-order valence-electron chi connectivity index (χ1n) is 12.2. The number of nitrogen functional groups attached to an aromatic ring is 1. The van der Waals surface area contributed by atoms with E-state index in [2.05, 4.69) is 27.1 Å². The smallest absolute Gasteiger partial charge is 0.210 e. The van der Waals surface area contributed by atoms with Gasteiger partial charge in [0.15, 0.2) is 0 Å². The van der Waals surface area contributed by atoms with Gasteiger partial charge >= 0.3 is 0 Å². The zero-order valence-corrected chi connectivity index (χ0v) is 23.3. The number of rotatable bonds is 6. The number of anilines is 1. The molecule has 37 heavy (non-hydrogen) atoms. The quantitative estimate of drug-likeness (QED) is 0.202. The molecule has 0 bridgehead atoms. The third-order valence-electron chi connectivity index (χ3n) is 6.37. The number of thiophene rings is 1. The summed E-state index contributed by atoms with van der Waals surface area (Å²) in [7, 11) is 4.40. The number of allylic oxidation sites excluding steroid dienone is 1. The molecule has 1 unspecified atom stereocenters. The highest BCUT2D eigenvalue weighted by Gasteiger charge is 2.24. The second kappa shape index (κ2) is 12.0. The summed E-state index contributed by atoms with van der Waals surface area (Å²) in [5.74, 6) is 0.930. The molecule has 2 aromatic heterocycles. The molecule has 1 aliphatic heterocycles. The summed E-state index contributed by atoms with van der Waals surface area (Å²) in [4.78, 5) is 12.0. The molecule has 194 valence electrons. The average molecular weight is 540 g/mol. The van der Waals surface area contributed by atoms with E-state index in [1.807, 2.05) is 13.0 Å². The fourth-order valence-corrected chi connectivity index (χ4v) is 5.70. The van der Waals surface area contributed by atoms with Gasteiger partial charge < -0.3 is 20.1 Å². The maximum atomic E-state index is 14.6. The number of nitriles is 1. The van der Waals surface area contributed by atoms with Crippen LogP contribution in [0.4, 0.5) is 9.39 Å². The van der Waals surface area contributed by atoms with Gasteiger partial charge in [-0.1, -0.05) is 13.3 Å². The molecule has 1 aromatic carbocycles. The van der Waals surface area contributed by atoms with Crippen LogP contribution in [0, 0.1) is 24.1 Å². The van der Waals surface area contributed by atoms with E-state index in [4.69, 9.17) is 25.2 Å². The van der Waals surface area contributed by atoms with Gasteiger partial charge in [0, 0.05) is 42.4 Å². The van der Waals surface area contributed by atoms with Crippen LogP contribution in [0.5, 0.6) is 0 Å². The van der Waals surface area contributed by atoms with Crippen molar-refractivity contribution in [3.05, 3.63) is 52.8 Å². The van der Waals surface area contributed by atoms with Crippen LogP contribution in [0.15, 0.2) is 35.3 Å². The van der Waals surface area contributed by atoms with E-state index >= 15 is 0 Å². The van der Waals surface area contributed by atoms with Crippen molar-refractivity contribution in [2.45, 2.75) is 33.1 Å². The van der Waals surface area contributed by atoms with Gasteiger partial charge in [0.25, 0.3) is 0 Å². The van der Waals surface area contributed by atoms with E-state index < -0.39 is 5.82 Å². The van der Waals surface area contributed by atoms with Crippen LogP contribution in [0.25, 0.3) is 21.3 Å². The SMILES string of the molecule is CCC/C=C(/N=C(\c1cnc(-c2ccc(F)c3sc(N)c(C#N)c23)c(P)c1C)N1CCCOCC1)OC. The van der Waals surface area contributed by atoms with Crippen molar-refractivity contribution in [3.8, 4) is 17.3 Å². The largest absolute Gasteiger partial charge is 0.481 e. The van der Waals surface area contributed by atoms with Gasteiger partial charge in [0.2, 0.25) is 5.88 Å². The van der Waals surface area contributed by atoms with Crippen molar-refractivity contribution in [1.82, 2.24) is 9.88 Å². The van der Waals surface area contributed by atoms with Crippen LogP contribution in [-0.2, 0) is 9.47 Å². The van der Waals surface area contributed by atoms with Crippen LogP contribution in [0.3, 0.4) is 0 Å². The second-order valence-electron chi connectivity index (χ2n) is 8.73. The van der Waals surface area contributed by atoms with Crippen LogP contribution >= 0.6 is 20.6 Å². The average Bonchev–Trinajstić information content (AvgIpc) is 3.05. The first-order valence-corrected chi connectivity index (χ1v) is 13.6. The summed E-state index contributed by atoms with van der Waals surface area (Å²) in [6, 6.07) is 5.20. The number of amidine groups is 1. The number of halogens is 1. The molecule has 1 saturated heterocycles. The molecule has 0 spiro atoms. The van der Waals surface area contributed by atoms with E-state index in [1.165, 1.54) is 6.07 Å². The molecule has 2 N–H and O–H groups in total. The first kappa shape index (κ1) is 27.0. The third kappa shape index (κ3) is 5.47. The van der Waals surface area contributed by atoms with E-state index in [0.717, 1.165) is 59.4 Å². The fraction of sp³-hybridized carbons (Fsp3) is 0.370. The maximum absolute atomic E-state index is 14.6. The molecule has 3 aromatic rings. The molecular weight excluding hydrogens is 508 g/mol. The number of pyridine rings is 1. The molecule has 3 heterocycles. The van der Waals surface area contributed by atoms with E-state index in [0.29, 0.717) is 52.0 Å². The standard InChI is InChI=1S/C27H31FN5O2PS/c1-4-5-7-21(34-3)32-27(33-10-6-12-35-13-11-33)19-15-31-23(24(36)16(19)2)17-8-9-20(28)25-22(17)18(14-29)26(30)37-25/h7-9,15H,4-6,10-13,30,36H2,1-3H3/b21-7-,32-27+. The summed E-state index contributed by atoms with van der Waals surface area (Å²) in [6.45, 7) is 6.96. The van der Waals surface area contributed by atoms with Crippen molar-refractivity contribution >= 4 is 46.8 Å². The number of nitrogens with two attached hydrogens (primary N) is 1. The number of ether oxygens (including phenoxy) is 2. The highest BCUT2D eigenvalue weighted by Crippen LogP contribution is 2.40. The Balaban J connectivity index is 1.89. The van der Waals surface area contributed by atoms with Gasteiger partial charge in [-0.15, -0.1) is 20.6 Å². The summed E-state index contributed by atoms with van der Waals surface area (Å²) < 4.78 is 26.2. The molecule has 0 aliphatic carbocycles. The summed E-state index contributed by atoms with van der Waals surface area (Å²) in [6.07, 6.45) is 6.53. The lowest BCUT2D eigenvalue weighted by molar-refractivity contribution is 0.147. The van der Waals surface area contributed by atoms with E-state index in [1.54, 1.807) is 19.4 Å². The molecule has 1 fully saturated rings. The number of benzene rings is 1. The van der Waals surface area contributed by atoms with Crippen molar-refractivity contribution < 1.29 is 13.9 Å². The number of aromatic nitrogens is 1. The van der Waals surface area contributed by atoms with E-state index in [-0.39, 0.29) is 5.56 Å². The summed E-state index contributed by atoms with van der Waals surface area (Å²) >= 11 is 1.08. The van der Waals surface area contributed by atoms with Gasteiger partial charge in [0.05, 0.1) is 29.7 Å². The predicted octanol–water partition coefficient (Wildman–Crippen LogP) is 5.12. The Labute approximate surface area is 223 Å². The molecule has 0 radical (unpaired) electrons. The summed E-state index contributed by atoms with van der Waals surface area (Å²) in [5, 5.41) is 11.4. The Morgan fingerprint density at radius 2 is 2.22 bits per heavy atom. The lowest BCUT2D eigenvalue weighted by Crippen LogP contribution is -2.35. The lowest BCUT2D eigenvalue weighted by Gasteiger charge is -2.26. The van der Waals surface area contributed by atoms with Gasteiger partial charge in [-0.3, -0.25) is 4.98 Å². The third-order valence-corrected chi connectivity index (χ3v) is 8.10. The number of aliphatic imine (C=N–C) groups is 1. The molecule has 0 saturated carbocycles. The van der Waals surface area contributed by atoms with Crippen LogP contribution in [0.2, 0.25) is 0 Å². The van der Waals surface area contributed by atoms with Gasteiger partial charge in [-0.05, 0) is 48.8 Å². The lowest BCUT2D eigenvalue weighted by atomic mass is 10.00. The van der Waals surface area contributed by atoms with Crippen molar-refractivity contribution in [2.75, 3.05) is 39.1 Å². The normalized spacial score (nSPS) is 15.1. The zero-order chi connectivity index (χ0) is 26.5. The molecular formula is C27H31FN5O2PS. The Kier molecular flexibility index (Phi) is 8.75. The monoisotopic (exact) mass is 539 g/mol. The van der Waals surface area contributed by atoms with Gasteiger partial charge in [-0.25, -0.2) is 4.39 Å². The number of nitrogens with zero attached hydrogens (tertiary/aromatic N) is 4. The maximum Gasteiger partial charge on any atom is 0.210 e. The minimum Gasteiger partial charge on any atom is -0.481 e. The minimum absolute atomic E-state index is 0.278. The Bertz CT molecular complexity index is 1400. The Morgan fingerprint density at radius 1 is 1.41 bits per heavy atom. The number of unbranched alkanes of at least 4 members (excludes halogenated alkanes) is 1. The number of methoxy groups -OCH3 is 1. The molecule has 1 atom stereocenters. The molecule has 0 amide bonds. The molecule has 10 heteroatoms. The van der Waals surface area contributed by atoms with E-state index in [9.17, 15) is 9.65 Å².